The van der Waals surface area contributed by atoms with Gasteiger partial charge in [-0.15, -0.1) is 0 Å². The summed E-state index contributed by atoms with van der Waals surface area (Å²) in [6.45, 7) is 0. The Hall–Kier alpha value is 5.53. The van der Waals surface area contributed by atoms with Gasteiger partial charge in [0.25, 0.3) is 0 Å². The molecule has 0 aliphatic rings. The van der Waals surface area contributed by atoms with Crippen molar-refractivity contribution in [1.29, 1.82) is 0 Å². The summed E-state index contributed by atoms with van der Waals surface area (Å²) in [5.41, 5.74) is 0. The van der Waals surface area contributed by atoms with Crippen LogP contribution in [0.25, 0.3) is 0 Å². The van der Waals surface area contributed by atoms with E-state index < -0.39 is 49.5 Å². The minimum atomic E-state index is -3.16. The molecule has 0 fully saturated rings. The highest BCUT2D eigenvalue weighted by molar-refractivity contribution is 7.71. The van der Waals surface area contributed by atoms with E-state index >= 15 is 0 Å². The van der Waals surface area contributed by atoms with E-state index in [-0.39, 0.29) is 0 Å². The van der Waals surface area contributed by atoms with Gasteiger partial charge in [0.2, 0.25) is 12.5 Å². The van der Waals surface area contributed by atoms with Crippen LogP contribution >= 0.6 is 220 Å². The number of alkyl halides is 19. The van der Waals surface area contributed by atoms with Crippen LogP contribution in [0.4, 0.5) is 0 Å². The Kier molecular flexibility index (Phi) is 12.5. The fraction of sp³-hybridized carbons (Fsp3) is 1.00. The van der Waals surface area contributed by atoms with Gasteiger partial charge in [0.05, 0.1) is 0 Å². The molecule has 0 radical (unpaired) electrons. The minimum absolute atomic E-state index is 0.560. The molecule has 0 aliphatic heterocycles. The van der Waals surface area contributed by atoms with Crippen LogP contribution in [0.15, 0.2) is 0 Å². The van der Waals surface area contributed by atoms with E-state index in [1.165, 1.54) is 0 Å². The Morgan fingerprint density at radius 2 is 0.533 bits per heavy atom. The molecule has 0 aromatic heterocycles. The third kappa shape index (κ3) is 5.47. The molecule has 0 amide bonds. The van der Waals surface area contributed by atoms with Gasteiger partial charge in [0.1, 0.15) is 0 Å². The molecule has 0 aromatic rings. The van der Waals surface area contributed by atoms with Gasteiger partial charge in [-0.05, 0) is 23.2 Å². The molecule has 21 heteroatoms. The molecular weight excluding hydrogens is 830 g/mol. The molecule has 30 heavy (non-hydrogen) atoms. The summed E-state index contributed by atoms with van der Waals surface area (Å²) >= 11 is 114. The zero-order valence-corrected chi connectivity index (χ0v) is 27.7. The largest absolute Gasteiger partial charge is 0.504 e. The summed E-state index contributed by atoms with van der Waals surface area (Å²) in [5.74, 6) is 0. The number of rotatable bonds is 8. The lowest BCUT2D eigenvalue weighted by Crippen LogP contribution is -2.71. The summed E-state index contributed by atoms with van der Waals surface area (Å²) < 4.78 is -15.4. The lowest BCUT2D eigenvalue weighted by Gasteiger charge is -2.54. The van der Waals surface area contributed by atoms with Crippen LogP contribution in [-0.4, -0.2) is 37.8 Å². The summed E-state index contributed by atoms with van der Waals surface area (Å²) in [7, 11) is 0. The highest BCUT2D eigenvalue weighted by Gasteiger charge is 2.84. The molecule has 0 atom stereocenters. The highest BCUT2D eigenvalue weighted by atomic mass is 35.6. The second kappa shape index (κ2) is 10.6. The van der Waals surface area contributed by atoms with Crippen molar-refractivity contribution in [2.75, 3.05) is 0 Å². The van der Waals surface area contributed by atoms with Gasteiger partial charge in [-0.1, -0.05) is 197 Å². The Balaban J connectivity index is 6.89. The van der Waals surface area contributed by atoms with Crippen LogP contribution in [0.2, 0.25) is 0 Å². The molecule has 0 bridgehead atoms. The summed E-state index contributed by atoms with van der Waals surface area (Å²) in [6.07, 6.45) is 0. The molecule has 0 heterocycles. The Bertz CT molecular complexity index is 659. The third-order valence-corrected chi connectivity index (χ3v) is 17.0. The second-order valence-electron chi connectivity index (χ2n) is 5.12. The first-order valence-electron chi connectivity index (χ1n) is 5.96. The predicted molar refractivity (Wildman–Crippen MR) is 144 cm³/mol. The zero-order chi connectivity index (χ0) is 25.2. The number of halogens is 19. The third-order valence-electron chi connectivity index (χ3n) is 3.19. The van der Waals surface area contributed by atoms with E-state index in [1.54, 1.807) is 0 Å². The summed E-state index contributed by atoms with van der Waals surface area (Å²) in [6, 6.07) is 0. The van der Waals surface area contributed by atoms with E-state index in [0.29, 0.717) is 0 Å². The second-order valence-corrected chi connectivity index (χ2v) is 19.2. The first kappa shape index (κ1) is 35.5. The maximum atomic E-state index is 11.3. The average Bonchev–Trinajstić information content (AvgIpc) is 2.52. The molecule has 0 aliphatic carbocycles. The molecular formula is C9Cl19OS+. The lowest BCUT2D eigenvalue weighted by molar-refractivity contribution is 0.452. The van der Waals surface area contributed by atoms with Gasteiger partial charge in [0.15, 0.2) is 21.7 Å². The quantitative estimate of drug-likeness (QED) is 0.176. The smallest absolute Gasteiger partial charge is 0.0946 e. The molecule has 0 spiro atoms. The van der Waals surface area contributed by atoms with E-state index in [0.717, 1.165) is 0 Å². The molecule has 0 aromatic carbocycles. The van der Waals surface area contributed by atoms with Crippen LogP contribution in [-0.2, 0) is 15.9 Å². The number of hydrogen-bond donors (Lipinski definition) is 0. The van der Waals surface area contributed by atoms with Crippen molar-refractivity contribution in [3.8, 4) is 0 Å². The standard InChI is InChI=1S/C9Cl19OS/c10-1(11,2(12,13)4(16,17)6(20,21)8(24,25)26)3(14,15)5(18,19)7(22,23)9(27,28)30-29/q+1. The van der Waals surface area contributed by atoms with Crippen LogP contribution < -0.4 is 0 Å². The van der Waals surface area contributed by atoms with Gasteiger partial charge in [-0.25, -0.2) is 0 Å². The van der Waals surface area contributed by atoms with E-state index in [4.69, 9.17) is 220 Å². The van der Waals surface area contributed by atoms with E-state index in [2.05, 4.69) is 0 Å². The average molecular weight is 830 g/mol. The molecule has 0 rings (SSSR count). The van der Waals surface area contributed by atoms with Crippen molar-refractivity contribution in [2.45, 2.75) is 37.8 Å². The van der Waals surface area contributed by atoms with Crippen LogP contribution in [0.1, 0.15) is 0 Å². The molecule has 0 saturated heterocycles. The first-order valence-corrected chi connectivity index (χ1v) is 13.9. The van der Waals surface area contributed by atoms with Gasteiger partial charge in [-0.3, -0.25) is 0 Å². The van der Waals surface area contributed by atoms with Crippen LogP contribution in [0.3, 0.4) is 0 Å². The lowest BCUT2D eigenvalue weighted by atomic mass is 10.0. The molecule has 180 valence electrons. The maximum absolute atomic E-state index is 11.3. The Labute approximate surface area is 270 Å². The normalized spacial score (nSPS) is 16.6. The first-order chi connectivity index (χ1) is 12.6. The molecule has 1 nitrogen and oxygen atoms in total. The Morgan fingerprint density at radius 1 is 0.333 bits per heavy atom. The summed E-state index contributed by atoms with van der Waals surface area (Å²) in [5, 5.41) is 0. The van der Waals surface area contributed by atoms with E-state index in [1.807, 2.05) is 0 Å². The Morgan fingerprint density at radius 3 is 0.733 bits per heavy atom. The highest BCUT2D eigenvalue weighted by Crippen LogP contribution is 2.73. The predicted octanol–water partition coefficient (Wildman–Crippen LogP) is 11.1. The van der Waals surface area contributed by atoms with E-state index in [9.17, 15) is 4.21 Å². The van der Waals surface area contributed by atoms with Crippen molar-refractivity contribution in [2.24, 2.45) is 0 Å². The monoisotopic (exact) mass is 820 g/mol. The SMILES string of the molecule is O=[S+]C(Cl)(Cl)C(Cl)(Cl)C(Cl)(Cl)C(Cl)(Cl)C(Cl)(Cl)C(Cl)(Cl)C(Cl)(Cl)C(Cl)(Cl)C(Cl)(Cl)Cl. The van der Waals surface area contributed by atoms with Crippen molar-refractivity contribution >= 4 is 232 Å². The number of hydrogen-bond acceptors (Lipinski definition) is 1. The fourth-order valence-electron chi connectivity index (χ4n) is 1.40. The van der Waals surface area contributed by atoms with Crippen LogP contribution in [0.5, 0.6) is 0 Å². The van der Waals surface area contributed by atoms with Gasteiger partial charge in [-0.2, -0.15) is 0 Å². The van der Waals surface area contributed by atoms with Crippen molar-refractivity contribution in [3.63, 3.8) is 0 Å². The maximum Gasteiger partial charge on any atom is 0.504 e. The molecule has 0 N–H and O–H groups in total. The van der Waals surface area contributed by atoms with Gasteiger partial charge < -0.3 is 0 Å². The topological polar surface area (TPSA) is 17.1 Å². The van der Waals surface area contributed by atoms with Crippen molar-refractivity contribution in [3.05, 3.63) is 0 Å². The van der Waals surface area contributed by atoms with Crippen molar-refractivity contribution < 1.29 is 4.21 Å². The van der Waals surface area contributed by atoms with Crippen LogP contribution in [0, 0.1) is 0 Å². The van der Waals surface area contributed by atoms with Gasteiger partial charge in [0, 0.05) is 4.21 Å². The van der Waals surface area contributed by atoms with Gasteiger partial charge >= 0.3 is 15.3 Å². The summed E-state index contributed by atoms with van der Waals surface area (Å²) in [4.78, 5) is 0. The van der Waals surface area contributed by atoms with Crippen molar-refractivity contribution in [1.82, 2.24) is 0 Å². The molecule has 0 saturated carbocycles. The molecule has 0 unspecified atom stereocenters. The minimum Gasteiger partial charge on any atom is -0.0946 e. The zero-order valence-electron chi connectivity index (χ0n) is 12.5. The fourth-order valence-corrected chi connectivity index (χ4v) is 7.52.